The van der Waals surface area contributed by atoms with Crippen LogP contribution in [0.1, 0.15) is 22.4 Å². The Morgan fingerprint density at radius 3 is 2.08 bits per heavy atom. The average Bonchev–Trinajstić information content (AvgIpc) is 3.37. The second-order valence-corrected chi connectivity index (χ2v) is 8.92. The van der Waals surface area contributed by atoms with Gasteiger partial charge in [0.2, 0.25) is 0 Å². The van der Waals surface area contributed by atoms with E-state index in [2.05, 4.69) is 17.1 Å². The van der Waals surface area contributed by atoms with Crippen molar-refractivity contribution >= 4 is 12.0 Å². The van der Waals surface area contributed by atoms with Gasteiger partial charge in [0.15, 0.2) is 0 Å². The standard InChI is InChI=1S/C30H28N4O3/c35-29-28(18-24-10-4-1-5-11-24)34(30(36)37-22-26-14-8-3-9-15-26)17-16-32(29)21-27-19-31-23-33(27)20-25-12-6-2-7-13-25/h1-17,19,23,28H,18,20-22H2/t28-/m0/s1. The number of rotatable bonds is 8. The smallest absolute Gasteiger partial charge is 0.414 e. The normalized spacial score (nSPS) is 15.1. The Balaban J connectivity index is 1.34. The number of ether oxygens (including phenoxy) is 1. The summed E-state index contributed by atoms with van der Waals surface area (Å²) < 4.78 is 7.59. The number of imidazole rings is 1. The summed E-state index contributed by atoms with van der Waals surface area (Å²) in [4.78, 5) is 34.1. The molecule has 1 atom stereocenters. The highest BCUT2D eigenvalue weighted by Gasteiger charge is 2.36. The van der Waals surface area contributed by atoms with E-state index in [0.29, 0.717) is 19.5 Å². The van der Waals surface area contributed by atoms with Crippen molar-refractivity contribution in [1.29, 1.82) is 0 Å². The number of nitrogens with zero attached hydrogens (tertiary/aromatic N) is 4. The molecular weight excluding hydrogens is 464 g/mol. The van der Waals surface area contributed by atoms with Crippen molar-refractivity contribution < 1.29 is 14.3 Å². The third-order valence-electron chi connectivity index (χ3n) is 6.33. The van der Waals surface area contributed by atoms with E-state index in [1.807, 2.05) is 83.4 Å². The van der Waals surface area contributed by atoms with Crippen LogP contribution in [0.15, 0.2) is 116 Å². The van der Waals surface area contributed by atoms with Crippen LogP contribution in [0.5, 0.6) is 0 Å². The summed E-state index contributed by atoms with van der Waals surface area (Å²) in [5.41, 5.74) is 3.90. The Labute approximate surface area is 216 Å². The van der Waals surface area contributed by atoms with Crippen LogP contribution >= 0.6 is 0 Å². The zero-order valence-electron chi connectivity index (χ0n) is 20.4. The van der Waals surface area contributed by atoms with E-state index in [0.717, 1.165) is 22.4 Å². The summed E-state index contributed by atoms with van der Waals surface area (Å²) in [6.07, 6.45) is 6.66. The molecule has 0 aliphatic carbocycles. The van der Waals surface area contributed by atoms with E-state index in [1.165, 1.54) is 4.90 Å². The molecule has 3 aromatic carbocycles. The first-order chi connectivity index (χ1) is 18.2. The molecule has 0 fully saturated rings. The van der Waals surface area contributed by atoms with E-state index in [-0.39, 0.29) is 12.5 Å². The monoisotopic (exact) mass is 492 g/mol. The molecule has 0 spiro atoms. The number of hydrogen-bond acceptors (Lipinski definition) is 4. The Morgan fingerprint density at radius 1 is 0.784 bits per heavy atom. The van der Waals surface area contributed by atoms with Gasteiger partial charge in [0, 0.05) is 31.6 Å². The lowest BCUT2D eigenvalue weighted by Gasteiger charge is -2.35. The van der Waals surface area contributed by atoms with E-state index < -0.39 is 12.1 Å². The zero-order valence-corrected chi connectivity index (χ0v) is 20.4. The van der Waals surface area contributed by atoms with Gasteiger partial charge in [0.1, 0.15) is 12.6 Å². The average molecular weight is 493 g/mol. The molecule has 2 amide bonds. The molecule has 1 aliphatic rings. The number of hydrogen-bond donors (Lipinski definition) is 0. The number of aromatic nitrogens is 2. The van der Waals surface area contributed by atoms with Gasteiger partial charge in [-0.3, -0.25) is 9.69 Å². The van der Waals surface area contributed by atoms with E-state index in [1.54, 1.807) is 29.8 Å². The molecule has 1 aliphatic heterocycles. The number of benzene rings is 3. The molecule has 0 saturated carbocycles. The van der Waals surface area contributed by atoms with Crippen LogP contribution in [-0.4, -0.2) is 37.4 Å². The molecule has 5 rings (SSSR count). The number of carbonyl (C=O) groups is 2. The fraction of sp³-hybridized carbons (Fsp3) is 0.167. The van der Waals surface area contributed by atoms with Crippen LogP contribution in [0.2, 0.25) is 0 Å². The maximum atomic E-state index is 13.7. The first-order valence-electron chi connectivity index (χ1n) is 12.2. The maximum absolute atomic E-state index is 13.7. The van der Waals surface area contributed by atoms with Crippen LogP contribution in [0.25, 0.3) is 0 Å². The van der Waals surface area contributed by atoms with Crippen molar-refractivity contribution in [2.75, 3.05) is 0 Å². The topological polar surface area (TPSA) is 67.7 Å². The minimum atomic E-state index is -0.721. The van der Waals surface area contributed by atoms with Gasteiger partial charge in [-0.15, -0.1) is 0 Å². The van der Waals surface area contributed by atoms with Gasteiger partial charge in [-0.1, -0.05) is 91.0 Å². The predicted octanol–water partition coefficient (Wildman–Crippen LogP) is 4.99. The lowest BCUT2D eigenvalue weighted by molar-refractivity contribution is -0.135. The fourth-order valence-corrected chi connectivity index (χ4v) is 4.35. The number of carbonyl (C=O) groups excluding carboxylic acids is 2. The zero-order chi connectivity index (χ0) is 25.5. The summed E-state index contributed by atoms with van der Waals surface area (Å²) in [5, 5.41) is 0. The third kappa shape index (κ3) is 5.95. The van der Waals surface area contributed by atoms with Crippen LogP contribution < -0.4 is 0 Å². The predicted molar refractivity (Wildman–Crippen MR) is 140 cm³/mol. The van der Waals surface area contributed by atoms with E-state index >= 15 is 0 Å². The Kier molecular flexibility index (Phi) is 7.41. The van der Waals surface area contributed by atoms with Gasteiger partial charge in [-0.25, -0.2) is 9.78 Å². The van der Waals surface area contributed by atoms with Crippen molar-refractivity contribution in [3.63, 3.8) is 0 Å². The summed E-state index contributed by atoms with van der Waals surface area (Å²) in [6, 6.07) is 28.6. The van der Waals surface area contributed by atoms with Crippen LogP contribution in [0, 0.1) is 0 Å². The van der Waals surface area contributed by atoms with Crippen molar-refractivity contribution in [3.05, 3.63) is 138 Å². The number of amides is 2. The van der Waals surface area contributed by atoms with Gasteiger partial charge < -0.3 is 14.2 Å². The molecule has 7 nitrogen and oxygen atoms in total. The van der Waals surface area contributed by atoms with E-state index in [4.69, 9.17) is 4.74 Å². The SMILES string of the molecule is O=C1[C@H](Cc2ccccc2)N(C(=O)OCc2ccccc2)C=CN1Cc1cncn1Cc1ccccc1. The summed E-state index contributed by atoms with van der Waals surface area (Å²) in [7, 11) is 0. The Morgan fingerprint density at radius 2 is 1.41 bits per heavy atom. The molecule has 4 aromatic rings. The molecule has 0 N–H and O–H groups in total. The molecule has 0 radical (unpaired) electrons. The molecule has 186 valence electrons. The third-order valence-corrected chi connectivity index (χ3v) is 6.33. The summed E-state index contributed by atoms with van der Waals surface area (Å²) in [5.74, 6) is -0.171. The minimum absolute atomic E-state index is 0.138. The van der Waals surface area contributed by atoms with Crippen molar-refractivity contribution in [3.8, 4) is 0 Å². The first-order valence-corrected chi connectivity index (χ1v) is 12.2. The lowest BCUT2D eigenvalue weighted by atomic mass is 10.0. The molecule has 37 heavy (non-hydrogen) atoms. The van der Waals surface area contributed by atoms with Crippen LogP contribution in [0.4, 0.5) is 4.79 Å². The quantitative estimate of drug-likeness (QED) is 0.347. The molecule has 0 saturated heterocycles. The Bertz CT molecular complexity index is 1350. The minimum Gasteiger partial charge on any atom is -0.444 e. The lowest BCUT2D eigenvalue weighted by Crippen LogP contribution is -2.51. The highest BCUT2D eigenvalue weighted by Crippen LogP contribution is 2.21. The highest BCUT2D eigenvalue weighted by atomic mass is 16.6. The Hall–Kier alpha value is -4.65. The second kappa shape index (κ2) is 11.4. The van der Waals surface area contributed by atoms with Gasteiger partial charge in [-0.2, -0.15) is 0 Å². The van der Waals surface area contributed by atoms with E-state index in [9.17, 15) is 9.59 Å². The fourth-order valence-electron chi connectivity index (χ4n) is 4.35. The molecule has 0 unspecified atom stereocenters. The summed E-state index contributed by atoms with van der Waals surface area (Å²) >= 11 is 0. The van der Waals surface area contributed by atoms with Gasteiger partial charge in [-0.05, 0) is 16.7 Å². The van der Waals surface area contributed by atoms with Gasteiger partial charge >= 0.3 is 6.09 Å². The molecule has 7 heteroatoms. The first kappa shape index (κ1) is 24.1. The maximum Gasteiger partial charge on any atom is 0.414 e. The molecule has 0 bridgehead atoms. The van der Waals surface area contributed by atoms with Crippen LogP contribution in [0.3, 0.4) is 0 Å². The van der Waals surface area contributed by atoms with Gasteiger partial charge in [0.25, 0.3) is 5.91 Å². The molecule has 2 heterocycles. The van der Waals surface area contributed by atoms with Crippen LogP contribution in [-0.2, 0) is 35.6 Å². The van der Waals surface area contributed by atoms with Crippen molar-refractivity contribution in [2.24, 2.45) is 0 Å². The second-order valence-electron chi connectivity index (χ2n) is 8.92. The molecule has 1 aromatic heterocycles. The highest BCUT2D eigenvalue weighted by molar-refractivity contribution is 5.88. The summed E-state index contributed by atoms with van der Waals surface area (Å²) in [6.45, 7) is 1.15. The van der Waals surface area contributed by atoms with Gasteiger partial charge in [0.05, 0.1) is 18.6 Å². The largest absolute Gasteiger partial charge is 0.444 e. The molecular formula is C30H28N4O3. The van der Waals surface area contributed by atoms with Crippen molar-refractivity contribution in [2.45, 2.75) is 32.2 Å². The van der Waals surface area contributed by atoms with Crippen molar-refractivity contribution in [1.82, 2.24) is 19.4 Å².